The Morgan fingerprint density at radius 3 is 2.93 bits per heavy atom. The Morgan fingerprint density at radius 1 is 1.53 bits per heavy atom. The molecule has 2 atom stereocenters. The van der Waals surface area contributed by atoms with Crippen molar-refractivity contribution < 1.29 is 14.3 Å². The lowest BCUT2D eigenvalue weighted by Crippen LogP contribution is -2.36. The molecule has 1 aliphatic rings. The van der Waals surface area contributed by atoms with Crippen LogP contribution in [0.5, 0.6) is 0 Å². The molecule has 0 radical (unpaired) electrons. The van der Waals surface area contributed by atoms with Crippen molar-refractivity contribution in [2.24, 2.45) is 0 Å². The van der Waals surface area contributed by atoms with Crippen LogP contribution in [0.2, 0.25) is 0 Å². The number of rotatable bonds is 1. The van der Waals surface area contributed by atoms with Crippen LogP contribution in [0.15, 0.2) is 18.2 Å². The second kappa shape index (κ2) is 3.62. The lowest BCUT2D eigenvalue weighted by Gasteiger charge is -2.28. The van der Waals surface area contributed by atoms with Gasteiger partial charge >= 0.3 is 5.97 Å². The van der Waals surface area contributed by atoms with E-state index in [0.29, 0.717) is 12.1 Å². The maximum atomic E-state index is 13.0. The first-order chi connectivity index (χ1) is 7.09. The summed E-state index contributed by atoms with van der Waals surface area (Å²) in [5.74, 6) is -1.14. The van der Waals surface area contributed by atoms with Gasteiger partial charge in [-0.2, -0.15) is 0 Å². The highest BCUT2D eigenvalue weighted by molar-refractivity contribution is 5.76. The standard InChI is InChI=1S/C11H12FNO2/c1-6-5-13-10(11(14)15)9-4-7(12)2-3-8(6)9/h2-4,6,10,13H,5H2,1H3,(H,14,15). The van der Waals surface area contributed by atoms with Crippen LogP contribution in [0, 0.1) is 5.82 Å². The molecule has 0 aromatic heterocycles. The van der Waals surface area contributed by atoms with Gasteiger partial charge in [0.15, 0.2) is 0 Å². The predicted molar refractivity (Wildman–Crippen MR) is 53.2 cm³/mol. The van der Waals surface area contributed by atoms with Gasteiger partial charge in [0.05, 0.1) is 0 Å². The molecular weight excluding hydrogens is 197 g/mol. The molecule has 1 aliphatic heterocycles. The molecular formula is C11H12FNO2. The van der Waals surface area contributed by atoms with Crippen molar-refractivity contribution >= 4 is 5.97 Å². The molecule has 0 bridgehead atoms. The van der Waals surface area contributed by atoms with Crippen molar-refractivity contribution in [1.29, 1.82) is 0 Å². The van der Waals surface area contributed by atoms with Crippen LogP contribution in [0.3, 0.4) is 0 Å². The number of hydrogen-bond donors (Lipinski definition) is 2. The number of halogens is 1. The Bertz CT molecular complexity index is 406. The van der Waals surface area contributed by atoms with E-state index in [4.69, 9.17) is 5.11 Å². The molecule has 0 spiro atoms. The Hall–Kier alpha value is -1.42. The molecule has 2 N–H and O–H groups in total. The van der Waals surface area contributed by atoms with Gasteiger partial charge in [0.1, 0.15) is 11.9 Å². The summed E-state index contributed by atoms with van der Waals surface area (Å²) in [6.07, 6.45) is 0. The largest absolute Gasteiger partial charge is 0.480 e. The van der Waals surface area contributed by atoms with Gasteiger partial charge in [0.2, 0.25) is 0 Å². The van der Waals surface area contributed by atoms with Gasteiger partial charge in [-0.15, -0.1) is 0 Å². The maximum absolute atomic E-state index is 13.0. The summed E-state index contributed by atoms with van der Waals surface area (Å²) in [5.41, 5.74) is 1.46. The first-order valence-electron chi connectivity index (χ1n) is 4.85. The maximum Gasteiger partial charge on any atom is 0.325 e. The van der Waals surface area contributed by atoms with Crippen molar-refractivity contribution in [2.75, 3.05) is 6.54 Å². The first kappa shape index (κ1) is 10.1. The lowest BCUT2D eigenvalue weighted by molar-refractivity contribution is -0.139. The van der Waals surface area contributed by atoms with Crippen LogP contribution in [0.1, 0.15) is 30.0 Å². The molecule has 2 unspecified atom stereocenters. The number of nitrogens with one attached hydrogen (secondary N) is 1. The Morgan fingerprint density at radius 2 is 2.27 bits per heavy atom. The summed E-state index contributed by atoms with van der Waals surface area (Å²) in [7, 11) is 0. The number of carboxylic acid groups (broad SMARTS) is 1. The van der Waals surface area contributed by atoms with E-state index in [0.717, 1.165) is 5.56 Å². The zero-order chi connectivity index (χ0) is 11.0. The summed E-state index contributed by atoms with van der Waals surface area (Å²) in [6, 6.07) is 3.56. The van der Waals surface area contributed by atoms with E-state index in [1.807, 2.05) is 6.92 Å². The third-order valence-corrected chi connectivity index (χ3v) is 2.77. The monoisotopic (exact) mass is 209 g/mol. The van der Waals surface area contributed by atoms with Gasteiger partial charge in [0, 0.05) is 6.54 Å². The quantitative estimate of drug-likeness (QED) is 0.739. The highest BCUT2D eigenvalue weighted by Gasteiger charge is 2.29. The molecule has 1 heterocycles. The first-order valence-corrected chi connectivity index (χ1v) is 4.85. The fraction of sp³-hybridized carbons (Fsp3) is 0.364. The number of fused-ring (bicyclic) bond motifs is 1. The van der Waals surface area contributed by atoms with Gasteiger partial charge < -0.3 is 10.4 Å². The second-order valence-electron chi connectivity index (χ2n) is 3.85. The molecule has 15 heavy (non-hydrogen) atoms. The summed E-state index contributed by atoms with van der Waals surface area (Å²) >= 11 is 0. The fourth-order valence-electron chi connectivity index (χ4n) is 1.98. The zero-order valence-corrected chi connectivity index (χ0v) is 8.33. The normalized spacial score (nSPS) is 24.7. The van der Waals surface area contributed by atoms with Crippen molar-refractivity contribution in [3.8, 4) is 0 Å². The van der Waals surface area contributed by atoms with E-state index in [1.54, 1.807) is 6.07 Å². The summed E-state index contributed by atoms with van der Waals surface area (Å²) in [4.78, 5) is 11.0. The van der Waals surface area contributed by atoms with E-state index in [-0.39, 0.29) is 5.92 Å². The Kier molecular flexibility index (Phi) is 2.44. The number of hydrogen-bond acceptors (Lipinski definition) is 2. The highest BCUT2D eigenvalue weighted by atomic mass is 19.1. The van der Waals surface area contributed by atoms with Crippen LogP contribution in [0.25, 0.3) is 0 Å². The van der Waals surface area contributed by atoms with E-state index < -0.39 is 17.8 Å². The molecule has 80 valence electrons. The van der Waals surface area contributed by atoms with Crippen LogP contribution in [0.4, 0.5) is 4.39 Å². The average molecular weight is 209 g/mol. The second-order valence-corrected chi connectivity index (χ2v) is 3.85. The van der Waals surface area contributed by atoms with Crippen molar-refractivity contribution in [3.63, 3.8) is 0 Å². The third kappa shape index (κ3) is 1.72. The van der Waals surface area contributed by atoms with Gasteiger partial charge in [-0.3, -0.25) is 4.79 Å². The van der Waals surface area contributed by atoms with E-state index >= 15 is 0 Å². The molecule has 4 heteroatoms. The summed E-state index contributed by atoms with van der Waals surface area (Å²) < 4.78 is 13.0. The minimum atomic E-state index is -0.964. The molecule has 2 rings (SSSR count). The van der Waals surface area contributed by atoms with Crippen molar-refractivity contribution in [3.05, 3.63) is 35.1 Å². The van der Waals surface area contributed by atoms with Crippen molar-refractivity contribution in [1.82, 2.24) is 5.32 Å². The topological polar surface area (TPSA) is 49.3 Å². The van der Waals surface area contributed by atoms with E-state index in [9.17, 15) is 9.18 Å². The molecule has 1 aromatic carbocycles. The van der Waals surface area contributed by atoms with E-state index in [2.05, 4.69) is 5.32 Å². The van der Waals surface area contributed by atoms with Crippen LogP contribution in [-0.2, 0) is 4.79 Å². The van der Waals surface area contributed by atoms with Crippen LogP contribution < -0.4 is 5.32 Å². The SMILES string of the molecule is CC1CNC(C(=O)O)c2cc(F)ccc21. The molecule has 3 nitrogen and oxygen atoms in total. The molecule has 0 saturated heterocycles. The smallest absolute Gasteiger partial charge is 0.325 e. The lowest BCUT2D eigenvalue weighted by atomic mass is 9.87. The average Bonchev–Trinajstić information content (AvgIpc) is 2.17. The number of benzene rings is 1. The third-order valence-electron chi connectivity index (χ3n) is 2.77. The number of carboxylic acids is 1. The molecule has 0 saturated carbocycles. The highest BCUT2D eigenvalue weighted by Crippen LogP contribution is 2.30. The van der Waals surface area contributed by atoms with Crippen molar-refractivity contribution in [2.45, 2.75) is 18.9 Å². The van der Waals surface area contributed by atoms with Gasteiger partial charge in [-0.25, -0.2) is 4.39 Å². The minimum absolute atomic E-state index is 0.219. The minimum Gasteiger partial charge on any atom is -0.480 e. The fourth-order valence-corrected chi connectivity index (χ4v) is 1.98. The number of aliphatic carboxylic acids is 1. The van der Waals surface area contributed by atoms with Gasteiger partial charge in [-0.05, 0) is 29.2 Å². The number of carbonyl (C=O) groups is 1. The van der Waals surface area contributed by atoms with Gasteiger partial charge in [0.25, 0.3) is 0 Å². The summed E-state index contributed by atoms with van der Waals surface area (Å²) in [6.45, 7) is 2.59. The van der Waals surface area contributed by atoms with Crippen LogP contribution >= 0.6 is 0 Å². The molecule has 0 fully saturated rings. The summed E-state index contributed by atoms with van der Waals surface area (Å²) in [5, 5.41) is 11.9. The molecule has 0 amide bonds. The molecule has 1 aromatic rings. The predicted octanol–water partition coefficient (Wildman–Crippen LogP) is 1.66. The van der Waals surface area contributed by atoms with Crippen LogP contribution in [-0.4, -0.2) is 17.6 Å². The molecule has 0 aliphatic carbocycles. The van der Waals surface area contributed by atoms with E-state index in [1.165, 1.54) is 12.1 Å². The zero-order valence-electron chi connectivity index (χ0n) is 8.33. The Balaban J connectivity index is 2.51. The van der Waals surface area contributed by atoms with Gasteiger partial charge in [-0.1, -0.05) is 13.0 Å². The Labute approximate surface area is 86.9 Å².